The Morgan fingerprint density at radius 2 is 1.64 bits per heavy atom. The maximum atomic E-state index is 12.2. The first-order valence-electron chi connectivity index (χ1n) is 9.02. The molecule has 3 aromatic rings. The number of nitriles is 1. The van der Waals surface area contributed by atoms with Crippen LogP contribution in [0.15, 0.2) is 65.7 Å². The van der Waals surface area contributed by atoms with Gasteiger partial charge in [-0.05, 0) is 38.1 Å². The lowest BCUT2D eigenvalue weighted by Crippen LogP contribution is -2.12. The molecule has 0 aliphatic rings. The zero-order chi connectivity index (χ0) is 19.9. The van der Waals surface area contributed by atoms with E-state index in [9.17, 15) is 10.1 Å². The predicted molar refractivity (Wildman–Crippen MR) is 114 cm³/mol. The van der Waals surface area contributed by atoms with Gasteiger partial charge in [-0.3, -0.25) is 4.79 Å². The summed E-state index contributed by atoms with van der Waals surface area (Å²) in [6.07, 6.45) is 0.347. The molecular weight excluding hydrogens is 366 g/mol. The maximum Gasteiger partial charge on any atom is 0.225 e. The topological polar surface area (TPSA) is 65.8 Å². The first-order valence-corrected chi connectivity index (χ1v) is 10.0. The number of nitrogens with one attached hydrogen (secondary N) is 1. The standard InChI is InChI=1S/C23H21N3OS/c1-16-3-7-18(8-4-16)21-12-9-19(15-24)23(26-21)28-14-13-22(27)25-20-10-5-17(2)6-11-20/h3-12H,13-14H2,1-2H3,(H,25,27). The fraction of sp³-hybridized carbons (Fsp3) is 0.174. The van der Waals surface area contributed by atoms with E-state index in [1.54, 1.807) is 6.07 Å². The molecule has 0 radical (unpaired) electrons. The number of aryl methyl sites for hydroxylation is 2. The number of aromatic nitrogens is 1. The minimum Gasteiger partial charge on any atom is -0.326 e. The molecule has 28 heavy (non-hydrogen) atoms. The van der Waals surface area contributed by atoms with Gasteiger partial charge in [0.2, 0.25) is 5.91 Å². The SMILES string of the molecule is Cc1ccc(NC(=O)CCSc2nc(-c3ccc(C)cc3)ccc2C#N)cc1. The molecule has 0 aliphatic heterocycles. The number of pyridine rings is 1. The van der Waals surface area contributed by atoms with Gasteiger partial charge in [0, 0.05) is 23.4 Å². The number of hydrogen-bond acceptors (Lipinski definition) is 4. The Labute approximate surface area is 169 Å². The molecule has 0 unspecified atom stereocenters. The first-order chi connectivity index (χ1) is 13.5. The number of benzene rings is 2. The van der Waals surface area contributed by atoms with E-state index in [1.165, 1.54) is 17.3 Å². The molecule has 5 heteroatoms. The maximum absolute atomic E-state index is 12.2. The summed E-state index contributed by atoms with van der Waals surface area (Å²) in [7, 11) is 0. The number of nitrogens with zero attached hydrogens (tertiary/aromatic N) is 2. The van der Waals surface area contributed by atoms with E-state index in [0.717, 1.165) is 22.5 Å². The lowest BCUT2D eigenvalue weighted by Gasteiger charge is -2.08. The fourth-order valence-electron chi connectivity index (χ4n) is 2.62. The number of carbonyl (C=O) groups is 1. The van der Waals surface area contributed by atoms with Crippen molar-refractivity contribution >= 4 is 23.4 Å². The molecule has 1 heterocycles. The quantitative estimate of drug-likeness (QED) is 0.578. The minimum atomic E-state index is -0.0513. The zero-order valence-electron chi connectivity index (χ0n) is 15.9. The monoisotopic (exact) mass is 387 g/mol. The van der Waals surface area contributed by atoms with Gasteiger partial charge in [-0.15, -0.1) is 11.8 Å². The molecule has 0 spiro atoms. The molecule has 140 valence electrons. The molecule has 0 fully saturated rings. The zero-order valence-corrected chi connectivity index (χ0v) is 16.7. The van der Waals surface area contributed by atoms with Crippen LogP contribution >= 0.6 is 11.8 Å². The smallest absolute Gasteiger partial charge is 0.225 e. The summed E-state index contributed by atoms with van der Waals surface area (Å²) < 4.78 is 0. The van der Waals surface area contributed by atoms with Crippen molar-refractivity contribution in [1.82, 2.24) is 4.98 Å². The number of rotatable bonds is 6. The summed E-state index contributed by atoms with van der Waals surface area (Å²) in [5.74, 6) is 0.501. The van der Waals surface area contributed by atoms with E-state index in [4.69, 9.17) is 0 Å². The van der Waals surface area contributed by atoms with Gasteiger partial charge in [0.25, 0.3) is 0 Å². The Bertz CT molecular complexity index is 1010. The van der Waals surface area contributed by atoms with Gasteiger partial charge in [0.05, 0.1) is 11.3 Å². The van der Waals surface area contributed by atoms with Crippen molar-refractivity contribution in [1.29, 1.82) is 5.26 Å². The van der Waals surface area contributed by atoms with Gasteiger partial charge >= 0.3 is 0 Å². The molecule has 3 rings (SSSR count). The van der Waals surface area contributed by atoms with Crippen molar-refractivity contribution in [3.8, 4) is 17.3 Å². The van der Waals surface area contributed by atoms with Crippen LogP contribution in [-0.2, 0) is 4.79 Å². The first kappa shape index (κ1) is 19.7. The van der Waals surface area contributed by atoms with Crippen LogP contribution in [-0.4, -0.2) is 16.6 Å². The van der Waals surface area contributed by atoms with Gasteiger partial charge in [-0.1, -0.05) is 47.5 Å². The van der Waals surface area contributed by atoms with Crippen molar-refractivity contribution < 1.29 is 4.79 Å². The average Bonchev–Trinajstić information content (AvgIpc) is 2.70. The van der Waals surface area contributed by atoms with Crippen molar-refractivity contribution in [2.75, 3.05) is 11.1 Å². The molecule has 0 saturated heterocycles. The lowest BCUT2D eigenvalue weighted by molar-refractivity contribution is -0.115. The summed E-state index contributed by atoms with van der Waals surface area (Å²) >= 11 is 1.43. The van der Waals surface area contributed by atoms with Crippen LogP contribution in [0.4, 0.5) is 5.69 Å². The molecule has 0 saturated carbocycles. The second-order valence-corrected chi connectivity index (χ2v) is 7.62. The molecule has 1 N–H and O–H groups in total. The fourth-order valence-corrected chi connectivity index (χ4v) is 3.53. The summed E-state index contributed by atoms with van der Waals surface area (Å²) in [4.78, 5) is 16.8. The van der Waals surface area contributed by atoms with Crippen molar-refractivity contribution in [3.63, 3.8) is 0 Å². The average molecular weight is 388 g/mol. The van der Waals surface area contributed by atoms with Gasteiger partial charge in [-0.2, -0.15) is 5.26 Å². The van der Waals surface area contributed by atoms with Gasteiger partial charge < -0.3 is 5.32 Å². The van der Waals surface area contributed by atoms with Gasteiger partial charge in [0.1, 0.15) is 11.1 Å². The highest BCUT2D eigenvalue weighted by Gasteiger charge is 2.10. The number of carbonyl (C=O) groups excluding carboxylic acids is 1. The van der Waals surface area contributed by atoms with Crippen molar-refractivity contribution in [3.05, 3.63) is 77.4 Å². The number of anilines is 1. The minimum absolute atomic E-state index is 0.0513. The van der Waals surface area contributed by atoms with E-state index >= 15 is 0 Å². The van der Waals surface area contributed by atoms with Gasteiger partial charge in [0.15, 0.2) is 0 Å². The van der Waals surface area contributed by atoms with E-state index in [2.05, 4.69) is 16.4 Å². The second kappa shape index (κ2) is 9.20. The Kier molecular flexibility index (Phi) is 6.46. The van der Waals surface area contributed by atoms with E-state index in [0.29, 0.717) is 22.8 Å². The summed E-state index contributed by atoms with van der Waals surface area (Å²) in [5, 5.41) is 12.9. The highest BCUT2D eigenvalue weighted by atomic mass is 32.2. The predicted octanol–water partition coefficient (Wildman–Crippen LogP) is 5.36. The normalized spacial score (nSPS) is 10.3. The third kappa shape index (κ3) is 5.21. The summed E-state index contributed by atoms with van der Waals surface area (Å²) in [6.45, 7) is 4.05. The second-order valence-electron chi connectivity index (χ2n) is 6.54. The Morgan fingerprint density at radius 3 is 2.29 bits per heavy atom. The third-order valence-electron chi connectivity index (χ3n) is 4.23. The van der Waals surface area contributed by atoms with Crippen LogP contribution in [0.2, 0.25) is 0 Å². The van der Waals surface area contributed by atoms with E-state index in [1.807, 2.05) is 68.4 Å². The summed E-state index contributed by atoms with van der Waals surface area (Å²) in [5.41, 5.74) is 5.49. The van der Waals surface area contributed by atoms with Crippen LogP contribution in [0.3, 0.4) is 0 Å². The molecule has 0 bridgehead atoms. The molecule has 1 amide bonds. The molecule has 2 aromatic carbocycles. The van der Waals surface area contributed by atoms with E-state index < -0.39 is 0 Å². The van der Waals surface area contributed by atoms with Crippen LogP contribution in [0.1, 0.15) is 23.1 Å². The Hall–Kier alpha value is -3.10. The van der Waals surface area contributed by atoms with Crippen LogP contribution in [0.25, 0.3) is 11.3 Å². The van der Waals surface area contributed by atoms with Crippen LogP contribution < -0.4 is 5.32 Å². The highest BCUT2D eigenvalue weighted by molar-refractivity contribution is 7.99. The van der Waals surface area contributed by atoms with E-state index in [-0.39, 0.29) is 5.91 Å². The molecular formula is C23H21N3OS. The largest absolute Gasteiger partial charge is 0.326 e. The number of amides is 1. The number of hydrogen-bond donors (Lipinski definition) is 1. The molecule has 4 nitrogen and oxygen atoms in total. The third-order valence-corrected chi connectivity index (χ3v) is 5.22. The Balaban J connectivity index is 1.63. The molecule has 0 aliphatic carbocycles. The van der Waals surface area contributed by atoms with Crippen LogP contribution in [0, 0.1) is 25.2 Å². The van der Waals surface area contributed by atoms with Crippen molar-refractivity contribution in [2.45, 2.75) is 25.3 Å². The van der Waals surface area contributed by atoms with Gasteiger partial charge in [-0.25, -0.2) is 4.98 Å². The van der Waals surface area contributed by atoms with Crippen molar-refractivity contribution in [2.24, 2.45) is 0 Å². The van der Waals surface area contributed by atoms with Crippen LogP contribution in [0.5, 0.6) is 0 Å². The summed E-state index contributed by atoms with van der Waals surface area (Å²) in [6, 6.07) is 21.7. The molecule has 1 aromatic heterocycles. The lowest BCUT2D eigenvalue weighted by atomic mass is 10.1. The number of thioether (sulfide) groups is 1. The Morgan fingerprint density at radius 1 is 1.00 bits per heavy atom. The molecule has 0 atom stereocenters. The highest BCUT2D eigenvalue weighted by Crippen LogP contribution is 2.26.